The number of amides is 1. The molecule has 0 N–H and O–H groups in total. The maximum atomic E-state index is 12.9. The van der Waals surface area contributed by atoms with Gasteiger partial charge in [-0.15, -0.1) is 0 Å². The molecule has 0 saturated heterocycles. The number of rotatable bonds is 4. The zero-order chi connectivity index (χ0) is 16.2. The summed E-state index contributed by atoms with van der Waals surface area (Å²) in [5.41, 5.74) is 1.95. The van der Waals surface area contributed by atoms with Crippen molar-refractivity contribution >= 4 is 5.91 Å². The Bertz CT molecular complexity index is 797. The molecule has 0 bridgehead atoms. The molecule has 1 heterocycles. The summed E-state index contributed by atoms with van der Waals surface area (Å²) in [6, 6.07) is 17.1. The van der Waals surface area contributed by atoms with E-state index >= 15 is 0 Å². The molecule has 0 aliphatic heterocycles. The molecule has 3 aromatic rings. The van der Waals surface area contributed by atoms with Gasteiger partial charge in [-0.25, -0.2) is 4.39 Å². The number of hydrogen-bond acceptors (Lipinski definition) is 3. The van der Waals surface area contributed by atoms with Crippen molar-refractivity contribution in [2.24, 2.45) is 0 Å². The Labute approximate surface area is 133 Å². The Balaban J connectivity index is 1.72. The second-order valence-electron chi connectivity index (χ2n) is 5.23. The van der Waals surface area contributed by atoms with Crippen LogP contribution in [0.5, 0.6) is 0 Å². The van der Waals surface area contributed by atoms with Gasteiger partial charge in [0, 0.05) is 25.2 Å². The summed E-state index contributed by atoms with van der Waals surface area (Å²) in [6.07, 6.45) is 0. The van der Waals surface area contributed by atoms with Gasteiger partial charge in [0.15, 0.2) is 11.5 Å². The van der Waals surface area contributed by atoms with Crippen LogP contribution in [-0.2, 0) is 6.54 Å². The minimum atomic E-state index is -0.299. The molecular formula is C18H15FN2O2. The third kappa shape index (κ3) is 3.45. The molecule has 0 radical (unpaired) electrons. The van der Waals surface area contributed by atoms with Crippen molar-refractivity contribution in [1.82, 2.24) is 10.1 Å². The summed E-state index contributed by atoms with van der Waals surface area (Å²) in [6.45, 7) is 0.368. The second-order valence-corrected chi connectivity index (χ2v) is 5.23. The van der Waals surface area contributed by atoms with E-state index in [0.29, 0.717) is 12.3 Å². The molecular weight excluding hydrogens is 295 g/mol. The SMILES string of the molecule is CN(Cc1ccc(F)cc1)C(=O)c1cc(-c2ccccc2)on1. The average molecular weight is 310 g/mol. The van der Waals surface area contributed by atoms with Gasteiger partial charge < -0.3 is 9.42 Å². The van der Waals surface area contributed by atoms with Gasteiger partial charge in [0.05, 0.1) is 0 Å². The van der Waals surface area contributed by atoms with Crippen LogP contribution in [0.2, 0.25) is 0 Å². The van der Waals surface area contributed by atoms with E-state index in [9.17, 15) is 9.18 Å². The number of carbonyl (C=O) groups is 1. The van der Waals surface area contributed by atoms with E-state index < -0.39 is 0 Å². The summed E-state index contributed by atoms with van der Waals surface area (Å²) in [7, 11) is 1.67. The highest BCUT2D eigenvalue weighted by Crippen LogP contribution is 2.20. The highest BCUT2D eigenvalue weighted by Gasteiger charge is 2.17. The highest BCUT2D eigenvalue weighted by molar-refractivity contribution is 5.92. The fourth-order valence-electron chi connectivity index (χ4n) is 2.25. The Hall–Kier alpha value is -2.95. The van der Waals surface area contributed by atoms with Crippen LogP contribution in [0.3, 0.4) is 0 Å². The zero-order valence-corrected chi connectivity index (χ0v) is 12.6. The number of aromatic nitrogens is 1. The molecule has 2 aromatic carbocycles. The van der Waals surface area contributed by atoms with Crippen molar-refractivity contribution in [2.45, 2.75) is 6.54 Å². The van der Waals surface area contributed by atoms with Crippen LogP contribution in [0, 0.1) is 5.82 Å². The van der Waals surface area contributed by atoms with Gasteiger partial charge in [0.1, 0.15) is 5.82 Å². The van der Waals surface area contributed by atoms with E-state index in [2.05, 4.69) is 5.16 Å². The van der Waals surface area contributed by atoms with E-state index in [-0.39, 0.29) is 17.4 Å². The van der Waals surface area contributed by atoms with Crippen LogP contribution in [0.25, 0.3) is 11.3 Å². The molecule has 0 fully saturated rings. The van der Waals surface area contributed by atoms with E-state index in [1.807, 2.05) is 30.3 Å². The monoisotopic (exact) mass is 310 g/mol. The summed E-state index contributed by atoms with van der Waals surface area (Å²) >= 11 is 0. The summed E-state index contributed by atoms with van der Waals surface area (Å²) < 4.78 is 18.1. The molecule has 0 aliphatic carbocycles. The highest BCUT2D eigenvalue weighted by atomic mass is 19.1. The van der Waals surface area contributed by atoms with Gasteiger partial charge in [-0.2, -0.15) is 0 Å². The number of nitrogens with zero attached hydrogens (tertiary/aromatic N) is 2. The molecule has 1 aromatic heterocycles. The van der Waals surface area contributed by atoms with Crippen LogP contribution < -0.4 is 0 Å². The first kappa shape index (κ1) is 15.0. The van der Waals surface area contributed by atoms with Gasteiger partial charge in [-0.3, -0.25) is 4.79 Å². The average Bonchev–Trinajstić information content (AvgIpc) is 3.07. The van der Waals surface area contributed by atoms with Gasteiger partial charge >= 0.3 is 0 Å². The lowest BCUT2D eigenvalue weighted by atomic mass is 10.1. The number of halogens is 1. The minimum absolute atomic E-state index is 0.244. The van der Waals surface area contributed by atoms with E-state index in [0.717, 1.165) is 11.1 Å². The van der Waals surface area contributed by atoms with Gasteiger partial charge in [-0.05, 0) is 17.7 Å². The van der Waals surface area contributed by atoms with E-state index in [1.54, 1.807) is 25.2 Å². The molecule has 1 amide bonds. The number of hydrogen-bond donors (Lipinski definition) is 0. The van der Waals surface area contributed by atoms with Gasteiger partial charge in [-0.1, -0.05) is 47.6 Å². The first-order valence-electron chi connectivity index (χ1n) is 7.15. The van der Waals surface area contributed by atoms with Crippen molar-refractivity contribution < 1.29 is 13.7 Å². The first-order valence-corrected chi connectivity index (χ1v) is 7.15. The summed E-state index contributed by atoms with van der Waals surface area (Å²) in [5, 5.41) is 3.84. The molecule has 0 saturated carbocycles. The molecule has 116 valence electrons. The van der Waals surface area contributed by atoms with Crippen molar-refractivity contribution in [3.63, 3.8) is 0 Å². The fraction of sp³-hybridized carbons (Fsp3) is 0.111. The molecule has 0 aliphatic rings. The minimum Gasteiger partial charge on any atom is -0.355 e. The van der Waals surface area contributed by atoms with Crippen LogP contribution in [0.15, 0.2) is 65.2 Å². The number of benzene rings is 2. The maximum Gasteiger partial charge on any atom is 0.276 e. The zero-order valence-electron chi connectivity index (χ0n) is 12.6. The Morgan fingerprint density at radius 3 is 2.52 bits per heavy atom. The topological polar surface area (TPSA) is 46.3 Å². The first-order chi connectivity index (χ1) is 11.1. The Kier molecular flexibility index (Phi) is 4.19. The molecule has 0 atom stereocenters. The van der Waals surface area contributed by atoms with Crippen LogP contribution in [0.4, 0.5) is 4.39 Å². The largest absolute Gasteiger partial charge is 0.355 e. The van der Waals surface area contributed by atoms with Crippen LogP contribution >= 0.6 is 0 Å². The van der Waals surface area contributed by atoms with Crippen LogP contribution in [0.1, 0.15) is 16.1 Å². The Morgan fingerprint density at radius 1 is 1.13 bits per heavy atom. The lowest BCUT2D eigenvalue weighted by molar-refractivity contribution is 0.0775. The van der Waals surface area contributed by atoms with E-state index in [4.69, 9.17) is 4.52 Å². The number of carbonyl (C=O) groups excluding carboxylic acids is 1. The molecule has 0 unspecified atom stereocenters. The third-order valence-electron chi connectivity index (χ3n) is 3.47. The lowest BCUT2D eigenvalue weighted by Crippen LogP contribution is -2.26. The maximum absolute atomic E-state index is 12.9. The molecule has 5 heteroatoms. The lowest BCUT2D eigenvalue weighted by Gasteiger charge is -2.15. The quantitative estimate of drug-likeness (QED) is 0.737. The standard InChI is InChI=1S/C18H15FN2O2/c1-21(12-13-7-9-15(19)10-8-13)18(22)16-11-17(23-20-16)14-5-3-2-4-6-14/h2-11H,12H2,1H3. The predicted octanol–water partition coefficient (Wildman–Crippen LogP) is 3.75. The summed E-state index contributed by atoms with van der Waals surface area (Å²) in [4.78, 5) is 13.9. The third-order valence-corrected chi connectivity index (χ3v) is 3.47. The molecule has 4 nitrogen and oxygen atoms in total. The Morgan fingerprint density at radius 2 is 1.83 bits per heavy atom. The van der Waals surface area contributed by atoms with Crippen molar-refractivity contribution in [2.75, 3.05) is 7.05 Å². The van der Waals surface area contributed by atoms with Crippen molar-refractivity contribution in [3.8, 4) is 11.3 Å². The summed E-state index contributed by atoms with van der Waals surface area (Å²) in [5.74, 6) is -0.00359. The molecule has 23 heavy (non-hydrogen) atoms. The second kappa shape index (κ2) is 6.44. The van der Waals surface area contributed by atoms with Crippen molar-refractivity contribution in [3.05, 3.63) is 77.7 Å². The molecule has 3 rings (SSSR count). The van der Waals surface area contributed by atoms with E-state index in [1.165, 1.54) is 17.0 Å². The van der Waals surface area contributed by atoms with Crippen LogP contribution in [-0.4, -0.2) is 23.0 Å². The fourth-order valence-corrected chi connectivity index (χ4v) is 2.25. The normalized spacial score (nSPS) is 10.5. The van der Waals surface area contributed by atoms with Gasteiger partial charge in [0.25, 0.3) is 5.91 Å². The van der Waals surface area contributed by atoms with Gasteiger partial charge in [0.2, 0.25) is 0 Å². The molecule has 0 spiro atoms. The smallest absolute Gasteiger partial charge is 0.276 e. The van der Waals surface area contributed by atoms with Crippen molar-refractivity contribution in [1.29, 1.82) is 0 Å². The predicted molar refractivity (Wildman–Crippen MR) is 84.1 cm³/mol.